The summed E-state index contributed by atoms with van der Waals surface area (Å²) in [4.78, 5) is 39.6. The summed E-state index contributed by atoms with van der Waals surface area (Å²) in [7, 11) is 0. The molecule has 0 spiro atoms. The summed E-state index contributed by atoms with van der Waals surface area (Å²) < 4.78 is 16.4. The van der Waals surface area contributed by atoms with Crippen LogP contribution in [0.1, 0.15) is 53.5 Å². The predicted octanol–water partition coefficient (Wildman–Crippen LogP) is 3.80. The minimum absolute atomic E-state index is 0.00557. The van der Waals surface area contributed by atoms with E-state index in [1.165, 1.54) is 0 Å². The normalized spacial score (nSPS) is 26.8. The van der Waals surface area contributed by atoms with E-state index in [9.17, 15) is 14.4 Å². The van der Waals surface area contributed by atoms with E-state index in [2.05, 4.69) is 0 Å². The molecule has 1 heterocycles. The zero-order valence-corrected chi connectivity index (χ0v) is 17.2. The predicted molar refractivity (Wildman–Crippen MR) is 101 cm³/mol. The maximum atomic E-state index is 13.3. The Balaban J connectivity index is 2.09. The summed E-state index contributed by atoms with van der Waals surface area (Å²) in [6.45, 7) is 10.3. The standard InChI is InChI=1S/C21H27NO6/c1-18(2,3)27-15(23)21-12-20(21,14-10-8-7-9-11-14)13-26-16(24)22(21)17(25)28-19(4,5)6/h7-11H,12-13H2,1-6H3/t20-,21+/m1/s1. The second-order valence-corrected chi connectivity index (χ2v) is 9.36. The summed E-state index contributed by atoms with van der Waals surface area (Å²) in [5.41, 5.74) is -3.16. The molecule has 0 aromatic heterocycles. The zero-order valence-electron chi connectivity index (χ0n) is 17.2. The molecule has 0 bridgehead atoms. The van der Waals surface area contributed by atoms with Crippen LogP contribution in [0, 0.1) is 0 Å². The smallest absolute Gasteiger partial charge is 0.420 e. The van der Waals surface area contributed by atoms with E-state index < -0.39 is 40.3 Å². The summed E-state index contributed by atoms with van der Waals surface area (Å²) >= 11 is 0. The fraction of sp³-hybridized carbons (Fsp3) is 0.571. The molecular weight excluding hydrogens is 362 g/mol. The Labute approximate surface area is 164 Å². The fourth-order valence-corrected chi connectivity index (χ4v) is 3.70. The van der Waals surface area contributed by atoms with E-state index in [0.29, 0.717) is 0 Å². The van der Waals surface area contributed by atoms with Crippen LogP contribution in [0.3, 0.4) is 0 Å². The van der Waals surface area contributed by atoms with Crippen LogP contribution < -0.4 is 0 Å². The third kappa shape index (κ3) is 3.23. The van der Waals surface area contributed by atoms with Gasteiger partial charge in [-0.3, -0.25) is 0 Å². The number of hydrogen-bond donors (Lipinski definition) is 0. The quantitative estimate of drug-likeness (QED) is 0.565. The highest BCUT2D eigenvalue weighted by Gasteiger charge is 2.82. The van der Waals surface area contributed by atoms with Crippen molar-refractivity contribution in [3.8, 4) is 0 Å². The van der Waals surface area contributed by atoms with Gasteiger partial charge in [0.1, 0.15) is 17.8 Å². The maximum absolute atomic E-state index is 13.3. The highest BCUT2D eigenvalue weighted by molar-refractivity contribution is 6.02. The minimum atomic E-state index is -1.49. The number of nitrogens with zero attached hydrogens (tertiary/aromatic N) is 1. The number of esters is 1. The van der Waals surface area contributed by atoms with Crippen molar-refractivity contribution in [3.63, 3.8) is 0 Å². The lowest BCUT2D eigenvalue weighted by Crippen LogP contribution is -2.61. The number of imide groups is 1. The molecule has 7 nitrogen and oxygen atoms in total. The van der Waals surface area contributed by atoms with Crippen LogP contribution in [0.25, 0.3) is 0 Å². The number of hydrogen-bond acceptors (Lipinski definition) is 6. The second kappa shape index (κ2) is 6.22. The Hall–Kier alpha value is -2.57. The molecule has 1 aliphatic carbocycles. The lowest BCUT2D eigenvalue weighted by molar-refractivity contribution is -0.165. The van der Waals surface area contributed by atoms with Crippen LogP contribution >= 0.6 is 0 Å². The third-order valence-electron chi connectivity index (χ3n) is 4.87. The van der Waals surface area contributed by atoms with Crippen molar-refractivity contribution >= 4 is 18.2 Å². The van der Waals surface area contributed by atoms with Gasteiger partial charge in [0.15, 0.2) is 5.54 Å². The molecule has 1 saturated carbocycles. The Morgan fingerprint density at radius 1 is 1.00 bits per heavy atom. The van der Waals surface area contributed by atoms with Gasteiger partial charge in [0, 0.05) is 0 Å². The lowest BCUT2D eigenvalue weighted by atomic mass is 9.89. The van der Waals surface area contributed by atoms with Gasteiger partial charge in [0.05, 0.1) is 5.41 Å². The van der Waals surface area contributed by atoms with Crippen molar-refractivity contribution in [2.45, 2.75) is 70.1 Å². The number of carbonyl (C=O) groups excluding carboxylic acids is 3. The highest BCUT2D eigenvalue weighted by Crippen LogP contribution is 2.64. The molecule has 2 atom stereocenters. The molecule has 152 valence electrons. The molecule has 1 aromatic carbocycles. The van der Waals surface area contributed by atoms with E-state index in [1.54, 1.807) is 41.5 Å². The number of carbonyl (C=O) groups is 3. The van der Waals surface area contributed by atoms with Crippen LogP contribution in [0.15, 0.2) is 30.3 Å². The van der Waals surface area contributed by atoms with Crippen LogP contribution in [0.5, 0.6) is 0 Å². The second-order valence-electron chi connectivity index (χ2n) is 9.36. The maximum Gasteiger partial charge on any atom is 0.420 e. The van der Waals surface area contributed by atoms with Gasteiger partial charge in [-0.05, 0) is 53.5 Å². The van der Waals surface area contributed by atoms with Gasteiger partial charge in [-0.1, -0.05) is 30.3 Å². The van der Waals surface area contributed by atoms with Crippen molar-refractivity contribution in [1.29, 1.82) is 0 Å². The number of benzene rings is 1. The first kappa shape index (κ1) is 20.2. The van der Waals surface area contributed by atoms with E-state index in [0.717, 1.165) is 10.5 Å². The lowest BCUT2D eigenvalue weighted by Gasteiger charge is -2.38. The van der Waals surface area contributed by atoms with Crippen molar-refractivity contribution < 1.29 is 28.6 Å². The summed E-state index contributed by atoms with van der Waals surface area (Å²) in [6.07, 6.45) is -1.59. The minimum Gasteiger partial charge on any atom is -0.458 e. The molecule has 0 unspecified atom stereocenters. The van der Waals surface area contributed by atoms with Gasteiger partial charge < -0.3 is 14.2 Å². The molecule has 0 radical (unpaired) electrons. The molecule has 2 aliphatic rings. The molecule has 1 aliphatic heterocycles. The van der Waals surface area contributed by atoms with Gasteiger partial charge in [-0.15, -0.1) is 0 Å². The Morgan fingerprint density at radius 3 is 2.11 bits per heavy atom. The first-order chi connectivity index (χ1) is 12.8. The van der Waals surface area contributed by atoms with Crippen molar-refractivity contribution in [1.82, 2.24) is 4.90 Å². The molecule has 3 rings (SSSR count). The van der Waals surface area contributed by atoms with Crippen LogP contribution in [0.2, 0.25) is 0 Å². The van der Waals surface area contributed by atoms with Gasteiger partial charge in [0.25, 0.3) is 0 Å². The largest absolute Gasteiger partial charge is 0.458 e. The SMILES string of the molecule is CC(C)(C)OC(=O)N1C(=O)OC[C@@]2(c3ccccc3)C[C@@]12C(=O)OC(C)(C)C. The first-order valence-corrected chi connectivity index (χ1v) is 9.31. The Kier molecular flexibility index (Phi) is 4.48. The fourth-order valence-electron chi connectivity index (χ4n) is 3.70. The van der Waals surface area contributed by atoms with Gasteiger partial charge in [-0.25, -0.2) is 14.4 Å². The van der Waals surface area contributed by atoms with Crippen molar-refractivity contribution in [3.05, 3.63) is 35.9 Å². The molecule has 1 saturated heterocycles. The van der Waals surface area contributed by atoms with Crippen LogP contribution in [-0.4, -0.2) is 46.4 Å². The molecule has 2 amide bonds. The van der Waals surface area contributed by atoms with Gasteiger partial charge in [-0.2, -0.15) is 4.90 Å². The third-order valence-corrected chi connectivity index (χ3v) is 4.87. The molecule has 0 N–H and O–H groups in total. The highest BCUT2D eigenvalue weighted by atomic mass is 16.6. The van der Waals surface area contributed by atoms with E-state index in [4.69, 9.17) is 14.2 Å². The average Bonchev–Trinajstić information content (AvgIpc) is 3.24. The van der Waals surface area contributed by atoms with Crippen LogP contribution in [0.4, 0.5) is 9.59 Å². The molecule has 1 aromatic rings. The number of cyclic esters (lactones) is 1. The van der Waals surface area contributed by atoms with Crippen LogP contribution in [-0.2, 0) is 24.4 Å². The van der Waals surface area contributed by atoms with Crippen molar-refractivity contribution in [2.24, 2.45) is 0 Å². The van der Waals surface area contributed by atoms with E-state index in [1.807, 2.05) is 30.3 Å². The topological polar surface area (TPSA) is 82.1 Å². The summed E-state index contributed by atoms with van der Waals surface area (Å²) in [6, 6.07) is 9.27. The van der Waals surface area contributed by atoms with E-state index >= 15 is 0 Å². The first-order valence-electron chi connectivity index (χ1n) is 9.31. The number of ether oxygens (including phenoxy) is 3. The molecule has 7 heteroatoms. The van der Waals surface area contributed by atoms with E-state index in [-0.39, 0.29) is 13.0 Å². The molecule has 2 fully saturated rings. The Morgan fingerprint density at radius 2 is 1.57 bits per heavy atom. The number of amides is 2. The summed E-state index contributed by atoms with van der Waals surface area (Å²) in [5.74, 6) is -0.633. The zero-order chi connectivity index (χ0) is 21.0. The molecule has 28 heavy (non-hydrogen) atoms. The monoisotopic (exact) mass is 389 g/mol. The van der Waals surface area contributed by atoms with Gasteiger partial charge in [0.2, 0.25) is 0 Å². The average molecular weight is 389 g/mol. The van der Waals surface area contributed by atoms with Crippen molar-refractivity contribution in [2.75, 3.05) is 6.61 Å². The number of fused-ring (bicyclic) bond motifs is 1. The summed E-state index contributed by atoms with van der Waals surface area (Å²) in [5, 5.41) is 0. The number of rotatable bonds is 2. The van der Waals surface area contributed by atoms with Gasteiger partial charge >= 0.3 is 18.2 Å². The Bertz CT molecular complexity index is 806. The molecular formula is C21H27NO6.